The summed E-state index contributed by atoms with van der Waals surface area (Å²) in [6, 6.07) is 12.7. The summed E-state index contributed by atoms with van der Waals surface area (Å²) >= 11 is 8.34. The van der Waals surface area contributed by atoms with Gasteiger partial charge in [-0.05, 0) is 60.5 Å². The van der Waals surface area contributed by atoms with Gasteiger partial charge in [0.25, 0.3) is 11.8 Å². The maximum atomic E-state index is 12.4. The molecule has 2 aromatic rings. The molecule has 3 N–H and O–H groups in total. The van der Waals surface area contributed by atoms with E-state index >= 15 is 0 Å². The Morgan fingerprint density at radius 3 is 2.47 bits per heavy atom. The van der Waals surface area contributed by atoms with Crippen LogP contribution in [0.4, 0.5) is 0 Å². The van der Waals surface area contributed by atoms with Crippen LogP contribution in [0, 0.1) is 0 Å². The minimum absolute atomic E-state index is 0.0618. The molecule has 1 atom stereocenters. The number of halogens is 1. The predicted octanol–water partition coefficient (Wildman–Crippen LogP) is 3.69. The van der Waals surface area contributed by atoms with Gasteiger partial charge in [-0.1, -0.05) is 41.9 Å². The van der Waals surface area contributed by atoms with Crippen molar-refractivity contribution >= 4 is 45.1 Å². The van der Waals surface area contributed by atoms with Gasteiger partial charge < -0.3 is 9.47 Å². The first-order chi connectivity index (χ1) is 14.3. The van der Waals surface area contributed by atoms with E-state index in [0.717, 1.165) is 10.9 Å². The molecule has 30 heavy (non-hydrogen) atoms. The van der Waals surface area contributed by atoms with Crippen molar-refractivity contribution in [3.63, 3.8) is 0 Å². The number of ether oxygens (including phenoxy) is 2. The average Bonchev–Trinajstić information content (AvgIpc) is 2.75. The summed E-state index contributed by atoms with van der Waals surface area (Å²) < 4.78 is 11.3. The number of nitrogens with one attached hydrogen (secondary N) is 3. The van der Waals surface area contributed by atoms with Gasteiger partial charge in [-0.3, -0.25) is 25.8 Å². The van der Waals surface area contributed by atoms with Gasteiger partial charge in [-0.15, -0.1) is 0 Å². The van der Waals surface area contributed by atoms with E-state index in [9.17, 15) is 9.59 Å². The van der Waals surface area contributed by atoms with E-state index in [1.165, 1.54) is 12.7 Å². The fourth-order valence-corrected chi connectivity index (χ4v) is 3.00. The second kappa shape index (κ2) is 11.5. The van der Waals surface area contributed by atoms with Crippen LogP contribution in [-0.2, 0) is 4.79 Å². The smallest absolute Gasteiger partial charge is 0.276 e. The Balaban J connectivity index is 1.78. The molecule has 0 saturated heterocycles. The van der Waals surface area contributed by atoms with Gasteiger partial charge in [0.05, 0.1) is 12.7 Å². The first-order valence-electron chi connectivity index (χ1n) is 9.30. The van der Waals surface area contributed by atoms with E-state index in [-0.39, 0.29) is 11.7 Å². The Hall–Kier alpha value is -2.65. The van der Waals surface area contributed by atoms with Gasteiger partial charge in [0.15, 0.2) is 11.7 Å². The van der Waals surface area contributed by atoms with E-state index in [2.05, 4.69) is 45.9 Å². The molecule has 2 aromatic carbocycles. The van der Waals surface area contributed by atoms with Crippen LogP contribution < -0.4 is 25.6 Å². The SMILES string of the molecule is CCC(C)c1ccc(OCC(=O)NNC(=S)NC(=O)c2cc(Br)ccc2OC)cc1. The lowest BCUT2D eigenvalue weighted by Gasteiger charge is -2.13. The second-order valence-corrected chi connectivity index (χ2v) is 7.79. The average molecular weight is 494 g/mol. The lowest BCUT2D eigenvalue weighted by Crippen LogP contribution is -2.49. The highest BCUT2D eigenvalue weighted by atomic mass is 79.9. The molecule has 2 rings (SSSR count). The highest BCUT2D eigenvalue weighted by molar-refractivity contribution is 9.10. The Morgan fingerprint density at radius 2 is 1.83 bits per heavy atom. The van der Waals surface area contributed by atoms with Crippen LogP contribution in [0.15, 0.2) is 46.9 Å². The third-order valence-electron chi connectivity index (χ3n) is 4.38. The molecule has 0 bridgehead atoms. The number of hydrogen-bond donors (Lipinski definition) is 3. The Labute approximate surface area is 189 Å². The topological polar surface area (TPSA) is 88.7 Å². The maximum absolute atomic E-state index is 12.4. The molecule has 0 fully saturated rings. The Morgan fingerprint density at radius 1 is 1.13 bits per heavy atom. The van der Waals surface area contributed by atoms with Gasteiger partial charge in [0, 0.05) is 4.47 Å². The molecule has 2 amide bonds. The third-order valence-corrected chi connectivity index (χ3v) is 5.08. The number of hydrazine groups is 1. The van der Waals surface area contributed by atoms with Crippen molar-refractivity contribution in [1.29, 1.82) is 0 Å². The highest BCUT2D eigenvalue weighted by Crippen LogP contribution is 2.23. The zero-order chi connectivity index (χ0) is 22.1. The Kier molecular flexibility index (Phi) is 9.07. The van der Waals surface area contributed by atoms with Crippen LogP contribution in [0.5, 0.6) is 11.5 Å². The third kappa shape index (κ3) is 7.00. The number of rotatable bonds is 7. The lowest BCUT2D eigenvalue weighted by atomic mass is 9.99. The van der Waals surface area contributed by atoms with Crippen molar-refractivity contribution in [2.24, 2.45) is 0 Å². The highest BCUT2D eigenvalue weighted by Gasteiger charge is 2.14. The first kappa shape index (κ1) is 23.6. The Bertz CT molecular complexity index is 906. The number of thiocarbonyl (C=S) groups is 1. The van der Waals surface area contributed by atoms with Crippen molar-refractivity contribution < 1.29 is 19.1 Å². The summed E-state index contributed by atoms with van der Waals surface area (Å²) in [5, 5.41) is 2.41. The quantitative estimate of drug-likeness (QED) is 0.402. The van der Waals surface area contributed by atoms with Gasteiger partial charge in [0.1, 0.15) is 11.5 Å². The van der Waals surface area contributed by atoms with Crippen LogP contribution in [0.1, 0.15) is 42.1 Å². The zero-order valence-corrected chi connectivity index (χ0v) is 19.4. The monoisotopic (exact) mass is 493 g/mol. The minimum Gasteiger partial charge on any atom is -0.496 e. The minimum atomic E-state index is -0.474. The number of methoxy groups -OCH3 is 1. The number of benzene rings is 2. The van der Waals surface area contributed by atoms with Crippen LogP contribution in [0.25, 0.3) is 0 Å². The summed E-state index contributed by atoms with van der Waals surface area (Å²) in [6.45, 7) is 4.09. The van der Waals surface area contributed by atoms with Gasteiger partial charge >= 0.3 is 0 Å². The molecule has 0 saturated carbocycles. The molecule has 0 aromatic heterocycles. The molecular formula is C21H24BrN3O4S. The number of carbonyl (C=O) groups is 2. The number of amides is 2. The molecular weight excluding hydrogens is 470 g/mol. The molecule has 0 aliphatic heterocycles. The summed E-state index contributed by atoms with van der Waals surface area (Å²) in [6.07, 6.45) is 1.05. The van der Waals surface area contributed by atoms with E-state index in [1.54, 1.807) is 18.2 Å². The normalized spacial score (nSPS) is 11.2. The predicted molar refractivity (Wildman–Crippen MR) is 123 cm³/mol. The van der Waals surface area contributed by atoms with Crippen molar-refractivity contribution in [3.8, 4) is 11.5 Å². The largest absolute Gasteiger partial charge is 0.496 e. The first-order valence-corrected chi connectivity index (χ1v) is 10.5. The molecule has 0 aliphatic rings. The molecule has 0 spiro atoms. The molecule has 160 valence electrons. The van der Waals surface area contributed by atoms with Gasteiger partial charge in [-0.2, -0.15) is 0 Å². The van der Waals surface area contributed by atoms with Gasteiger partial charge in [-0.25, -0.2) is 0 Å². The summed E-state index contributed by atoms with van der Waals surface area (Å²) in [5.41, 5.74) is 6.37. The summed E-state index contributed by atoms with van der Waals surface area (Å²) in [5.74, 6) is 0.542. The van der Waals surface area contributed by atoms with Crippen molar-refractivity contribution in [1.82, 2.24) is 16.2 Å². The van der Waals surface area contributed by atoms with Crippen LogP contribution >= 0.6 is 28.1 Å². The lowest BCUT2D eigenvalue weighted by molar-refractivity contribution is -0.123. The second-order valence-electron chi connectivity index (χ2n) is 6.47. The maximum Gasteiger partial charge on any atom is 0.276 e. The van der Waals surface area contributed by atoms with Crippen molar-refractivity contribution in [2.75, 3.05) is 13.7 Å². The standard InChI is InChI=1S/C21H24BrN3O4S/c1-4-13(2)14-5-8-16(9-6-14)29-12-19(26)24-25-21(30)23-20(27)17-11-15(22)7-10-18(17)28-3/h5-11,13H,4,12H2,1-3H3,(H,24,26)(H2,23,25,27,30). The number of hydrogen-bond acceptors (Lipinski definition) is 5. The van der Waals surface area contributed by atoms with Gasteiger partial charge in [0.2, 0.25) is 0 Å². The van der Waals surface area contributed by atoms with Crippen LogP contribution in [0.3, 0.4) is 0 Å². The molecule has 0 heterocycles. The van der Waals surface area contributed by atoms with Crippen LogP contribution in [-0.4, -0.2) is 30.6 Å². The van der Waals surface area contributed by atoms with E-state index in [4.69, 9.17) is 21.7 Å². The zero-order valence-electron chi connectivity index (χ0n) is 17.0. The fraction of sp³-hybridized carbons (Fsp3) is 0.286. The van der Waals surface area contributed by atoms with E-state index in [1.807, 2.05) is 24.3 Å². The molecule has 7 nitrogen and oxygen atoms in total. The van der Waals surface area contributed by atoms with Crippen LogP contribution in [0.2, 0.25) is 0 Å². The van der Waals surface area contributed by atoms with Crippen molar-refractivity contribution in [3.05, 3.63) is 58.1 Å². The summed E-state index contributed by atoms with van der Waals surface area (Å²) in [7, 11) is 1.47. The summed E-state index contributed by atoms with van der Waals surface area (Å²) in [4.78, 5) is 24.3. The number of carbonyl (C=O) groups excluding carboxylic acids is 2. The fourth-order valence-electron chi connectivity index (χ4n) is 2.50. The molecule has 1 unspecified atom stereocenters. The van der Waals surface area contributed by atoms with Crippen molar-refractivity contribution in [2.45, 2.75) is 26.2 Å². The molecule has 0 radical (unpaired) electrons. The molecule has 9 heteroatoms. The van der Waals surface area contributed by atoms with E-state index < -0.39 is 11.8 Å². The van der Waals surface area contributed by atoms with E-state index in [0.29, 0.717) is 23.0 Å². The molecule has 0 aliphatic carbocycles.